The van der Waals surface area contributed by atoms with Crippen molar-refractivity contribution in [1.82, 2.24) is 5.43 Å². The SMILES string of the molecule is COc1ccc(/C=C/C2=NNC(C)Cc3cc4c(cc32)OCO4)cc1OC. The van der Waals surface area contributed by atoms with Crippen LogP contribution in [0.3, 0.4) is 0 Å². The van der Waals surface area contributed by atoms with Crippen LogP contribution in [0.1, 0.15) is 23.6 Å². The lowest BCUT2D eigenvalue weighted by atomic mass is 9.97. The molecule has 2 aliphatic rings. The molecule has 0 saturated carbocycles. The van der Waals surface area contributed by atoms with Gasteiger partial charge in [0.2, 0.25) is 6.79 Å². The third-order valence-corrected chi connectivity index (χ3v) is 4.65. The first kappa shape index (κ1) is 17.3. The van der Waals surface area contributed by atoms with Crippen LogP contribution in [0.4, 0.5) is 0 Å². The Morgan fingerprint density at radius 3 is 2.59 bits per heavy atom. The van der Waals surface area contributed by atoms with Gasteiger partial charge in [-0.25, -0.2) is 0 Å². The summed E-state index contributed by atoms with van der Waals surface area (Å²) in [5.41, 5.74) is 7.29. The van der Waals surface area contributed by atoms with Crippen molar-refractivity contribution in [3.05, 3.63) is 53.1 Å². The predicted octanol–water partition coefficient (Wildman–Crippen LogP) is 3.38. The second-order valence-corrected chi connectivity index (χ2v) is 6.54. The van der Waals surface area contributed by atoms with Crippen LogP contribution in [0.5, 0.6) is 23.0 Å². The van der Waals surface area contributed by atoms with Gasteiger partial charge in [0.15, 0.2) is 23.0 Å². The van der Waals surface area contributed by atoms with E-state index in [9.17, 15) is 0 Å². The number of nitrogens with one attached hydrogen (secondary N) is 1. The second-order valence-electron chi connectivity index (χ2n) is 6.54. The number of allylic oxidation sites excluding steroid dienone is 1. The van der Waals surface area contributed by atoms with Gasteiger partial charge < -0.3 is 24.4 Å². The first-order valence-electron chi connectivity index (χ1n) is 8.84. The average Bonchev–Trinajstić information content (AvgIpc) is 3.08. The maximum Gasteiger partial charge on any atom is 0.231 e. The van der Waals surface area contributed by atoms with Gasteiger partial charge in [-0.15, -0.1) is 0 Å². The van der Waals surface area contributed by atoms with Gasteiger partial charge >= 0.3 is 0 Å². The Kier molecular flexibility index (Phi) is 4.62. The number of hydrogen-bond donors (Lipinski definition) is 1. The summed E-state index contributed by atoms with van der Waals surface area (Å²) < 4.78 is 21.7. The van der Waals surface area contributed by atoms with E-state index in [0.29, 0.717) is 11.5 Å². The number of rotatable bonds is 4. The van der Waals surface area contributed by atoms with Crippen LogP contribution >= 0.6 is 0 Å². The molecular formula is C21H22N2O4. The predicted molar refractivity (Wildman–Crippen MR) is 104 cm³/mol. The molecule has 0 spiro atoms. The van der Waals surface area contributed by atoms with Crippen LogP contribution in [0, 0.1) is 0 Å². The zero-order valence-electron chi connectivity index (χ0n) is 15.6. The lowest BCUT2D eigenvalue weighted by Gasteiger charge is -2.10. The quantitative estimate of drug-likeness (QED) is 0.899. The zero-order chi connectivity index (χ0) is 18.8. The van der Waals surface area contributed by atoms with E-state index in [1.54, 1.807) is 14.2 Å². The summed E-state index contributed by atoms with van der Waals surface area (Å²) in [4.78, 5) is 0. The van der Waals surface area contributed by atoms with Gasteiger partial charge in [-0.2, -0.15) is 5.10 Å². The van der Waals surface area contributed by atoms with E-state index in [1.165, 1.54) is 5.56 Å². The summed E-state index contributed by atoms with van der Waals surface area (Å²) in [5, 5.41) is 4.59. The Morgan fingerprint density at radius 1 is 1.04 bits per heavy atom. The molecule has 0 saturated heterocycles. The number of nitrogens with zero attached hydrogens (tertiary/aromatic N) is 1. The molecule has 1 atom stereocenters. The van der Waals surface area contributed by atoms with E-state index >= 15 is 0 Å². The molecule has 0 amide bonds. The molecule has 140 valence electrons. The summed E-state index contributed by atoms with van der Waals surface area (Å²) in [6.07, 6.45) is 4.86. The van der Waals surface area contributed by atoms with Gasteiger partial charge in [-0.1, -0.05) is 12.1 Å². The number of ether oxygens (including phenoxy) is 4. The van der Waals surface area contributed by atoms with Crippen molar-refractivity contribution in [3.8, 4) is 23.0 Å². The smallest absolute Gasteiger partial charge is 0.231 e. The minimum atomic E-state index is 0.233. The first-order chi connectivity index (χ1) is 13.2. The topological polar surface area (TPSA) is 61.3 Å². The van der Waals surface area contributed by atoms with E-state index in [1.807, 2.05) is 36.4 Å². The lowest BCUT2D eigenvalue weighted by Crippen LogP contribution is -2.21. The molecule has 0 fully saturated rings. The van der Waals surface area contributed by atoms with Gasteiger partial charge in [0.05, 0.1) is 19.9 Å². The highest BCUT2D eigenvalue weighted by molar-refractivity contribution is 6.12. The molecule has 6 nitrogen and oxygen atoms in total. The molecule has 4 rings (SSSR count). The number of benzene rings is 2. The number of hydrazone groups is 1. The van der Waals surface area contributed by atoms with Crippen molar-refractivity contribution in [2.75, 3.05) is 21.0 Å². The van der Waals surface area contributed by atoms with E-state index < -0.39 is 0 Å². The molecule has 6 heteroatoms. The minimum absolute atomic E-state index is 0.233. The molecular weight excluding hydrogens is 344 g/mol. The highest BCUT2D eigenvalue weighted by Gasteiger charge is 2.22. The zero-order valence-corrected chi connectivity index (χ0v) is 15.6. The van der Waals surface area contributed by atoms with E-state index in [4.69, 9.17) is 18.9 Å². The number of fused-ring (bicyclic) bond motifs is 2. The molecule has 2 aliphatic heterocycles. The van der Waals surface area contributed by atoms with Gasteiger partial charge in [0, 0.05) is 11.6 Å². The molecule has 2 aromatic rings. The summed E-state index contributed by atoms with van der Waals surface area (Å²) in [5.74, 6) is 2.95. The summed E-state index contributed by atoms with van der Waals surface area (Å²) >= 11 is 0. The minimum Gasteiger partial charge on any atom is -0.493 e. The largest absolute Gasteiger partial charge is 0.493 e. The Bertz CT molecular complexity index is 921. The van der Waals surface area contributed by atoms with E-state index in [2.05, 4.69) is 23.5 Å². The monoisotopic (exact) mass is 366 g/mol. The fourth-order valence-electron chi connectivity index (χ4n) is 3.27. The maximum absolute atomic E-state index is 5.55. The summed E-state index contributed by atoms with van der Waals surface area (Å²) in [6, 6.07) is 10.1. The van der Waals surface area contributed by atoms with Crippen molar-refractivity contribution < 1.29 is 18.9 Å². The van der Waals surface area contributed by atoms with Crippen LogP contribution in [0.2, 0.25) is 0 Å². The van der Waals surface area contributed by atoms with Gasteiger partial charge in [-0.3, -0.25) is 0 Å². The Hall–Kier alpha value is -3.15. The lowest BCUT2D eigenvalue weighted by molar-refractivity contribution is 0.174. The molecule has 27 heavy (non-hydrogen) atoms. The Balaban J connectivity index is 1.69. The normalized spacial score (nSPS) is 17.7. The van der Waals surface area contributed by atoms with Crippen LogP contribution < -0.4 is 24.4 Å². The second kappa shape index (κ2) is 7.23. The van der Waals surface area contributed by atoms with E-state index in [-0.39, 0.29) is 12.8 Å². The first-order valence-corrected chi connectivity index (χ1v) is 8.84. The van der Waals surface area contributed by atoms with Gasteiger partial charge in [-0.05, 0) is 54.8 Å². The van der Waals surface area contributed by atoms with Crippen LogP contribution in [0.15, 0.2) is 41.5 Å². The van der Waals surface area contributed by atoms with Gasteiger partial charge in [0.1, 0.15) is 0 Å². The fraction of sp³-hybridized carbons (Fsp3) is 0.286. The van der Waals surface area contributed by atoms with Crippen molar-refractivity contribution >= 4 is 11.8 Å². The number of hydrogen-bond acceptors (Lipinski definition) is 6. The summed E-state index contributed by atoms with van der Waals surface area (Å²) in [6.45, 7) is 2.37. The Labute approximate surface area is 158 Å². The summed E-state index contributed by atoms with van der Waals surface area (Å²) in [7, 11) is 3.26. The molecule has 0 aromatic heterocycles. The molecule has 2 aromatic carbocycles. The molecule has 1 unspecified atom stereocenters. The molecule has 2 heterocycles. The van der Waals surface area contributed by atoms with Crippen molar-refractivity contribution in [2.24, 2.45) is 5.10 Å². The van der Waals surface area contributed by atoms with Crippen molar-refractivity contribution in [3.63, 3.8) is 0 Å². The highest BCUT2D eigenvalue weighted by atomic mass is 16.7. The van der Waals surface area contributed by atoms with Crippen LogP contribution in [0.25, 0.3) is 6.08 Å². The fourth-order valence-corrected chi connectivity index (χ4v) is 3.27. The Morgan fingerprint density at radius 2 is 1.81 bits per heavy atom. The average molecular weight is 366 g/mol. The van der Waals surface area contributed by atoms with Crippen molar-refractivity contribution in [1.29, 1.82) is 0 Å². The van der Waals surface area contributed by atoms with Crippen molar-refractivity contribution in [2.45, 2.75) is 19.4 Å². The molecule has 0 bridgehead atoms. The number of methoxy groups -OCH3 is 2. The van der Waals surface area contributed by atoms with Crippen LogP contribution in [-0.2, 0) is 6.42 Å². The standard InChI is InChI=1S/C21H22N2O4/c1-13-8-15-10-20-21(27-12-26-20)11-16(15)17(23-22-13)6-4-14-5-7-18(24-2)19(9-14)25-3/h4-7,9-11,13,22H,8,12H2,1-3H3/b6-4+. The van der Waals surface area contributed by atoms with Crippen LogP contribution in [-0.4, -0.2) is 32.8 Å². The van der Waals surface area contributed by atoms with Gasteiger partial charge in [0.25, 0.3) is 0 Å². The van der Waals surface area contributed by atoms with E-state index in [0.717, 1.165) is 34.8 Å². The molecule has 1 N–H and O–H groups in total. The molecule has 0 aliphatic carbocycles. The third-order valence-electron chi connectivity index (χ3n) is 4.65. The maximum atomic E-state index is 5.55. The molecule has 0 radical (unpaired) electrons. The highest BCUT2D eigenvalue weighted by Crippen LogP contribution is 2.36. The third kappa shape index (κ3) is 3.43.